The van der Waals surface area contributed by atoms with Crippen LogP contribution in [0.25, 0.3) is 0 Å². The highest BCUT2D eigenvalue weighted by Crippen LogP contribution is 2.36. The van der Waals surface area contributed by atoms with Crippen LogP contribution < -0.4 is 5.32 Å². The van der Waals surface area contributed by atoms with Gasteiger partial charge in [0.15, 0.2) is 9.84 Å². The predicted octanol–water partition coefficient (Wildman–Crippen LogP) is 2.06. The van der Waals surface area contributed by atoms with Gasteiger partial charge in [-0.15, -0.1) is 0 Å². The molecule has 0 radical (unpaired) electrons. The van der Waals surface area contributed by atoms with Crippen LogP contribution in [0.15, 0.2) is 0 Å². The molecule has 0 unspecified atom stereocenters. The van der Waals surface area contributed by atoms with Crippen molar-refractivity contribution in [1.82, 2.24) is 10.2 Å². The van der Waals surface area contributed by atoms with Gasteiger partial charge in [0.1, 0.15) is 0 Å². The lowest BCUT2D eigenvalue weighted by Gasteiger charge is -2.41. The van der Waals surface area contributed by atoms with Crippen LogP contribution in [0.1, 0.15) is 51.9 Å². The molecular formula is C16H32N2O2S. The molecule has 0 aromatic rings. The van der Waals surface area contributed by atoms with Gasteiger partial charge in [-0.3, -0.25) is 0 Å². The summed E-state index contributed by atoms with van der Waals surface area (Å²) < 4.78 is 23.5. The van der Waals surface area contributed by atoms with Crippen LogP contribution in [-0.2, 0) is 9.84 Å². The third-order valence-electron chi connectivity index (χ3n) is 5.05. The zero-order chi connectivity index (χ0) is 15.2. The van der Waals surface area contributed by atoms with E-state index in [4.69, 9.17) is 0 Å². The summed E-state index contributed by atoms with van der Waals surface area (Å²) >= 11 is 0. The highest BCUT2D eigenvalue weighted by atomic mass is 32.2. The van der Waals surface area contributed by atoms with Gasteiger partial charge in [0, 0.05) is 19.6 Å². The molecule has 0 aromatic carbocycles. The third-order valence-corrected chi connectivity index (χ3v) is 6.76. The average molecular weight is 317 g/mol. The molecule has 0 bridgehead atoms. The van der Waals surface area contributed by atoms with Crippen molar-refractivity contribution in [2.45, 2.75) is 51.9 Å². The zero-order valence-corrected chi connectivity index (χ0v) is 14.4. The highest BCUT2D eigenvalue weighted by molar-refractivity contribution is 7.91. The molecule has 124 valence electrons. The monoisotopic (exact) mass is 316 g/mol. The Morgan fingerprint density at radius 1 is 1.05 bits per heavy atom. The minimum atomic E-state index is -2.79. The molecule has 0 amide bonds. The fourth-order valence-electron chi connectivity index (χ4n) is 3.85. The Balaban J connectivity index is 1.94. The highest BCUT2D eigenvalue weighted by Gasteiger charge is 2.34. The van der Waals surface area contributed by atoms with Crippen LogP contribution in [0.4, 0.5) is 0 Å². The average Bonchev–Trinajstić information content (AvgIpc) is 2.62. The van der Waals surface area contributed by atoms with Gasteiger partial charge in [-0.05, 0) is 44.2 Å². The van der Waals surface area contributed by atoms with Crippen LogP contribution in [0.3, 0.4) is 0 Å². The minimum Gasteiger partial charge on any atom is -0.316 e. The Morgan fingerprint density at radius 3 is 2.52 bits per heavy atom. The molecular weight excluding hydrogens is 284 g/mol. The van der Waals surface area contributed by atoms with E-state index in [0.717, 1.165) is 39.1 Å². The van der Waals surface area contributed by atoms with Gasteiger partial charge in [0.2, 0.25) is 0 Å². The van der Waals surface area contributed by atoms with Crippen LogP contribution in [0.5, 0.6) is 0 Å². The van der Waals surface area contributed by atoms with Gasteiger partial charge in [-0.1, -0.05) is 26.2 Å². The lowest BCUT2D eigenvalue weighted by molar-refractivity contribution is 0.107. The summed E-state index contributed by atoms with van der Waals surface area (Å²) in [4.78, 5) is 2.42. The van der Waals surface area contributed by atoms with Crippen molar-refractivity contribution in [3.8, 4) is 0 Å². The van der Waals surface area contributed by atoms with Gasteiger partial charge in [0.05, 0.1) is 11.5 Å². The lowest BCUT2D eigenvalue weighted by atomic mass is 9.73. The first-order valence-electron chi connectivity index (χ1n) is 8.69. The summed E-state index contributed by atoms with van der Waals surface area (Å²) in [5.74, 6) is 0.732. The van der Waals surface area contributed by atoms with E-state index in [-0.39, 0.29) is 0 Å². The summed E-state index contributed by atoms with van der Waals surface area (Å²) in [6.07, 6.45) is 8.61. The second-order valence-corrected chi connectivity index (χ2v) is 9.32. The van der Waals surface area contributed by atoms with E-state index in [0.29, 0.717) is 16.9 Å². The molecule has 4 nitrogen and oxygen atoms in total. The first-order valence-corrected chi connectivity index (χ1v) is 10.5. The van der Waals surface area contributed by atoms with Crippen molar-refractivity contribution in [1.29, 1.82) is 0 Å². The summed E-state index contributed by atoms with van der Waals surface area (Å²) in [5, 5.41) is 3.62. The molecule has 2 fully saturated rings. The van der Waals surface area contributed by atoms with Crippen molar-refractivity contribution in [2.24, 2.45) is 5.41 Å². The van der Waals surface area contributed by atoms with Crippen LogP contribution in [0.2, 0.25) is 0 Å². The van der Waals surface area contributed by atoms with Gasteiger partial charge in [-0.2, -0.15) is 0 Å². The number of nitrogens with zero attached hydrogens (tertiary/aromatic N) is 1. The van der Waals surface area contributed by atoms with E-state index in [1.807, 2.05) is 0 Å². The SMILES string of the molecule is CCCNCC1(CN2CCCS(=O)(=O)CC2)CCCCC1. The van der Waals surface area contributed by atoms with Crippen LogP contribution >= 0.6 is 0 Å². The standard InChI is InChI=1S/C16H32N2O2S/c1-2-9-17-14-16(7-4-3-5-8-16)15-18-10-6-12-21(19,20)13-11-18/h17H,2-15H2,1H3. The molecule has 0 atom stereocenters. The molecule has 1 aliphatic heterocycles. The molecule has 0 spiro atoms. The third kappa shape index (κ3) is 5.53. The van der Waals surface area contributed by atoms with E-state index < -0.39 is 9.84 Å². The quantitative estimate of drug-likeness (QED) is 0.762. The predicted molar refractivity (Wildman–Crippen MR) is 88.4 cm³/mol. The fraction of sp³-hybridized carbons (Fsp3) is 1.00. The second kappa shape index (κ2) is 7.93. The first kappa shape index (κ1) is 17.2. The Kier molecular flexibility index (Phi) is 6.51. The molecule has 5 heteroatoms. The van der Waals surface area contributed by atoms with Crippen molar-refractivity contribution >= 4 is 9.84 Å². The number of hydrogen-bond donors (Lipinski definition) is 1. The molecule has 0 aromatic heterocycles. The van der Waals surface area contributed by atoms with E-state index in [2.05, 4.69) is 17.1 Å². The van der Waals surface area contributed by atoms with E-state index in [1.54, 1.807) is 0 Å². The minimum absolute atomic E-state index is 0.353. The maximum Gasteiger partial charge on any atom is 0.151 e. The Labute approximate surface area is 130 Å². The van der Waals surface area contributed by atoms with Crippen molar-refractivity contribution in [2.75, 3.05) is 44.2 Å². The van der Waals surface area contributed by atoms with Gasteiger partial charge < -0.3 is 10.2 Å². The lowest BCUT2D eigenvalue weighted by Crippen LogP contribution is -2.46. The second-order valence-electron chi connectivity index (χ2n) is 7.02. The molecule has 1 heterocycles. The summed E-state index contributed by atoms with van der Waals surface area (Å²) in [5.41, 5.74) is 0.377. The van der Waals surface area contributed by atoms with E-state index >= 15 is 0 Å². The topological polar surface area (TPSA) is 49.4 Å². The van der Waals surface area contributed by atoms with E-state index in [9.17, 15) is 8.42 Å². The molecule has 21 heavy (non-hydrogen) atoms. The maximum absolute atomic E-state index is 11.8. The fourth-order valence-corrected chi connectivity index (χ4v) is 5.15. The Bertz CT molecular complexity index is 403. The smallest absolute Gasteiger partial charge is 0.151 e. The van der Waals surface area contributed by atoms with Gasteiger partial charge >= 0.3 is 0 Å². The Hall–Kier alpha value is -0.130. The zero-order valence-electron chi connectivity index (χ0n) is 13.6. The maximum atomic E-state index is 11.8. The summed E-state index contributed by atoms with van der Waals surface area (Å²) in [7, 11) is -2.79. The van der Waals surface area contributed by atoms with Gasteiger partial charge in [-0.25, -0.2) is 8.42 Å². The Morgan fingerprint density at radius 2 is 1.81 bits per heavy atom. The first-order chi connectivity index (χ1) is 10.1. The van der Waals surface area contributed by atoms with Gasteiger partial charge in [0.25, 0.3) is 0 Å². The molecule has 1 saturated heterocycles. The number of hydrogen-bond acceptors (Lipinski definition) is 4. The molecule has 1 N–H and O–H groups in total. The van der Waals surface area contributed by atoms with Crippen LogP contribution in [0, 0.1) is 5.41 Å². The number of sulfone groups is 1. The molecule has 1 saturated carbocycles. The van der Waals surface area contributed by atoms with Crippen molar-refractivity contribution in [3.05, 3.63) is 0 Å². The largest absolute Gasteiger partial charge is 0.316 e. The van der Waals surface area contributed by atoms with Crippen molar-refractivity contribution in [3.63, 3.8) is 0 Å². The molecule has 2 rings (SSSR count). The van der Waals surface area contributed by atoms with E-state index in [1.165, 1.54) is 38.5 Å². The van der Waals surface area contributed by atoms with Crippen LogP contribution in [-0.4, -0.2) is 57.5 Å². The molecule has 1 aliphatic carbocycles. The van der Waals surface area contributed by atoms with Crippen molar-refractivity contribution < 1.29 is 8.42 Å². The summed E-state index contributed by atoms with van der Waals surface area (Å²) in [6, 6.07) is 0. The number of rotatable bonds is 6. The summed E-state index contributed by atoms with van der Waals surface area (Å²) in [6.45, 7) is 7.17. The number of nitrogens with one attached hydrogen (secondary N) is 1. The molecule has 2 aliphatic rings. The normalized spacial score (nSPS) is 26.3.